The summed E-state index contributed by atoms with van der Waals surface area (Å²) in [5.74, 6) is -0.964. The van der Waals surface area contributed by atoms with Gasteiger partial charge in [-0.25, -0.2) is 0 Å². The minimum Gasteiger partial charge on any atom is -0.323 e. The SMILES string of the molecule is O=C(CN1C(=O)SC(=Cc2ccc(Cl)cc2)C1=O)Nc1cccnc1. The van der Waals surface area contributed by atoms with Gasteiger partial charge < -0.3 is 5.32 Å². The molecule has 6 nitrogen and oxygen atoms in total. The lowest BCUT2D eigenvalue weighted by molar-refractivity contribution is -0.127. The first-order valence-electron chi connectivity index (χ1n) is 7.24. The van der Waals surface area contributed by atoms with Gasteiger partial charge in [0.15, 0.2) is 0 Å². The van der Waals surface area contributed by atoms with Crippen LogP contribution in [0.4, 0.5) is 10.5 Å². The van der Waals surface area contributed by atoms with Gasteiger partial charge in [0.2, 0.25) is 5.91 Å². The number of amides is 3. The second-order valence-electron chi connectivity index (χ2n) is 5.11. The van der Waals surface area contributed by atoms with Gasteiger partial charge in [-0.05, 0) is 47.7 Å². The van der Waals surface area contributed by atoms with Crippen molar-refractivity contribution in [3.05, 3.63) is 64.3 Å². The van der Waals surface area contributed by atoms with Crippen molar-refractivity contribution in [2.45, 2.75) is 0 Å². The van der Waals surface area contributed by atoms with Crippen LogP contribution in [0.2, 0.25) is 5.02 Å². The number of imide groups is 1. The van der Waals surface area contributed by atoms with Crippen LogP contribution < -0.4 is 5.32 Å². The molecule has 1 aliphatic rings. The van der Waals surface area contributed by atoms with Crippen molar-refractivity contribution in [2.24, 2.45) is 0 Å². The second kappa shape index (κ2) is 7.50. The molecule has 2 aromatic rings. The molecule has 126 valence electrons. The molecule has 0 atom stereocenters. The molecule has 2 heterocycles. The molecule has 3 amide bonds. The van der Waals surface area contributed by atoms with Crippen molar-refractivity contribution in [1.29, 1.82) is 0 Å². The predicted molar refractivity (Wildman–Crippen MR) is 97.0 cm³/mol. The van der Waals surface area contributed by atoms with Crippen LogP contribution in [0.5, 0.6) is 0 Å². The highest BCUT2D eigenvalue weighted by molar-refractivity contribution is 8.18. The molecule has 0 saturated carbocycles. The molecule has 0 bridgehead atoms. The summed E-state index contributed by atoms with van der Waals surface area (Å²) < 4.78 is 0. The average molecular weight is 374 g/mol. The molecule has 1 aromatic carbocycles. The van der Waals surface area contributed by atoms with Crippen molar-refractivity contribution in [3.8, 4) is 0 Å². The van der Waals surface area contributed by atoms with E-state index in [4.69, 9.17) is 11.6 Å². The van der Waals surface area contributed by atoms with E-state index in [2.05, 4.69) is 10.3 Å². The van der Waals surface area contributed by atoms with Crippen LogP contribution in [0.15, 0.2) is 53.7 Å². The number of anilines is 1. The monoisotopic (exact) mass is 373 g/mol. The van der Waals surface area contributed by atoms with E-state index < -0.39 is 17.1 Å². The molecule has 8 heteroatoms. The normalized spacial score (nSPS) is 15.7. The highest BCUT2D eigenvalue weighted by Gasteiger charge is 2.36. The topological polar surface area (TPSA) is 79.4 Å². The fourth-order valence-corrected chi connectivity index (χ4v) is 3.09. The van der Waals surface area contributed by atoms with E-state index in [0.717, 1.165) is 22.2 Å². The van der Waals surface area contributed by atoms with Crippen LogP contribution in [-0.4, -0.2) is 33.5 Å². The summed E-state index contributed by atoms with van der Waals surface area (Å²) in [5, 5.41) is 2.69. The van der Waals surface area contributed by atoms with Gasteiger partial charge in [-0.3, -0.25) is 24.3 Å². The maximum absolute atomic E-state index is 12.4. The van der Waals surface area contributed by atoms with Gasteiger partial charge in [-0.15, -0.1) is 0 Å². The molecular formula is C17H12ClN3O3S. The Morgan fingerprint density at radius 2 is 2.00 bits per heavy atom. The Morgan fingerprint density at radius 1 is 1.24 bits per heavy atom. The Kier molecular flexibility index (Phi) is 5.16. The lowest BCUT2D eigenvalue weighted by atomic mass is 10.2. The first-order chi connectivity index (χ1) is 12.0. The number of nitrogens with zero attached hydrogens (tertiary/aromatic N) is 2. The van der Waals surface area contributed by atoms with E-state index >= 15 is 0 Å². The number of carbonyl (C=O) groups is 3. The van der Waals surface area contributed by atoms with E-state index in [9.17, 15) is 14.4 Å². The number of carbonyl (C=O) groups excluding carboxylic acids is 3. The van der Waals surface area contributed by atoms with Crippen LogP contribution in [0, 0.1) is 0 Å². The van der Waals surface area contributed by atoms with Crippen molar-refractivity contribution in [2.75, 3.05) is 11.9 Å². The minimum absolute atomic E-state index is 0.265. The maximum atomic E-state index is 12.4. The third-order valence-electron chi connectivity index (χ3n) is 3.29. The Morgan fingerprint density at radius 3 is 2.68 bits per heavy atom. The van der Waals surface area contributed by atoms with E-state index in [1.165, 1.54) is 6.20 Å². The van der Waals surface area contributed by atoms with Crippen molar-refractivity contribution in [3.63, 3.8) is 0 Å². The fourth-order valence-electron chi connectivity index (χ4n) is 2.13. The number of thioether (sulfide) groups is 1. The summed E-state index contributed by atoms with van der Waals surface area (Å²) in [6, 6.07) is 10.2. The summed E-state index contributed by atoms with van der Waals surface area (Å²) in [4.78, 5) is 41.5. The third kappa shape index (κ3) is 4.26. The standard InChI is InChI=1S/C17H12ClN3O3S/c18-12-5-3-11(4-6-12)8-14-16(23)21(17(24)25-14)10-15(22)20-13-2-1-7-19-9-13/h1-9H,10H2,(H,20,22). The van der Waals surface area contributed by atoms with Gasteiger partial charge >= 0.3 is 0 Å². The van der Waals surface area contributed by atoms with Crippen molar-refractivity contribution < 1.29 is 14.4 Å². The number of aromatic nitrogens is 1. The Bertz CT molecular complexity index is 853. The van der Waals surface area contributed by atoms with Crippen molar-refractivity contribution in [1.82, 2.24) is 9.88 Å². The van der Waals surface area contributed by atoms with E-state index in [0.29, 0.717) is 10.7 Å². The van der Waals surface area contributed by atoms with Gasteiger partial charge in [0, 0.05) is 11.2 Å². The minimum atomic E-state index is -0.494. The molecule has 25 heavy (non-hydrogen) atoms. The summed E-state index contributed by atoms with van der Waals surface area (Å²) in [6.07, 6.45) is 4.65. The van der Waals surface area contributed by atoms with Crippen LogP contribution in [-0.2, 0) is 9.59 Å². The Balaban J connectivity index is 1.69. The van der Waals surface area contributed by atoms with E-state index in [1.807, 2.05) is 0 Å². The van der Waals surface area contributed by atoms with Gasteiger partial charge in [0.25, 0.3) is 11.1 Å². The molecular weight excluding hydrogens is 362 g/mol. The summed E-state index contributed by atoms with van der Waals surface area (Å²) in [6.45, 7) is -0.350. The zero-order valence-electron chi connectivity index (χ0n) is 12.8. The second-order valence-corrected chi connectivity index (χ2v) is 6.54. The lowest BCUT2D eigenvalue weighted by Crippen LogP contribution is -2.36. The van der Waals surface area contributed by atoms with Gasteiger partial charge in [0.1, 0.15) is 6.54 Å². The molecule has 1 aromatic heterocycles. The molecule has 0 unspecified atom stereocenters. The number of benzene rings is 1. The molecule has 1 aliphatic heterocycles. The van der Waals surface area contributed by atoms with E-state index in [1.54, 1.807) is 48.7 Å². The molecule has 1 fully saturated rings. The first kappa shape index (κ1) is 17.2. The molecule has 1 saturated heterocycles. The average Bonchev–Trinajstić information content (AvgIpc) is 2.85. The van der Waals surface area contributed by atoms with Crippen LogP contribution >= 0.6 is 23.4 Å². The summed E-state index contributed by atoms with van der Waals surface area (Å²) in [7, 11) is 0. The third-order valence-corrected chi connectivity index (χ3v) is 4.45. The highest BCUT2D eigenvalue weighted by atomic mass is 35.5. The smallest absolute Gasteiger partial charge is 0.294 e. The molecule has 0 radical (unpaired) electrons. The lowest BCUT2D eigenvalue weighted by Gasteiger charge is -2.12. The van der Waals surface area contributed by atoms with Gasteiger partial charge in [0.05, 0.1) is 16.8 Å². The number of hydrogen-bond acceptors (Lipinski definition) is 5. The quantitative estimate of drug-likeness (QED) is 0.831. The summed E-state index contributed by atoms with van der Waals surface area (Å²) in [5.41, 5.74) is 1.24. The zero-order valence-corrected chi connectivity index (χ0v) is 14.4. The van der Waals surface area contributed by atoms with Crippen molar-refractivity contribution >= 4 is 52.2 Å². The first-order valence-corrected chi connectivity index (χ1v) is 8.43. The number of halogens is 1. The highest BCUT2D eigenvalue weighted by Crippen LogP contribution is 2.32. The number of nitrogens with one attached hydrogen (secondary N) is 1. The van der Waals surface area contributed by atoms with Crippen LogP contribution in [0.25, 0.3) is 6.08 Å². The number of pyridine rings is 1. The molecule has 0 aliphatic carbocycles. The molecule has 0 spiro atoms. The predicted octanol–water partition coefficient (Wildman–Crippen LogP) is 3.41. The fraction of sp³-hybridized carbons (Fsp3) is 0.0588. The van der Waals surface area contributed by atoms with E-state index in [-0.39, 0.29) is 11.4 Å². The number of rotatable bonds is 4. The zero-order chi connectivity index (χ0) is 17.8. The van der Waals surface area contributed by atoms with Gasteiger partial charge in [-0.2, -0.15) is 0 Å². The van der Waals surface area contributed by atoms with Gasteiger partial charge in [-0.1, -0.05) is 23.7 Å². The Hall–Kier alpha value is -2.64. The van der Waals surface area contributed by atoms with Crippen LogP contribution in [0.3, 0.4) is 0 Å². The summed E-state index contributed by atoms with van der Waals surface area (Å²) >= 11 is 6.63. The molecule has 1 N–H and O–H groups in total. The maximum Gasteiger partial charge on any atom is 0.294 e. The number of hydrogen-bond donors (Lipinski definition) is 1. The van der Waals surface area contributed by atoms with Crippen LogP contribution in [0.1, 0.15) is 5.56 Å². The Labute approximate surface area is 152 Å². The largest absolute Gasteiger partial charge is 0.323 e. The molecule has 3 rings (SSSR count).